The number of hydrogen-bond acceptors (Lipinski definition) is 4. The van der Waals surface area contributed by atoms with Crippen molar-refractivity contribution in [3.05, 3.63) is 138 Å². The van der Waals surface area contributed by atoms with Crippen LogP contribution in [-0.4, -0.2) is 21.1 Å². The second-order valence-corrected chi connectivity index (χ2v) is 9.25. The summed E-state index contributed by atoms with van der Waals surface area (Å²) in [5.41, 5.74) is 8.18. The van der Waals surface area contributed by atoms with E-state index in [0.29, 0.717) is 17.3 Å². The van der Waals surface area contributed by atoms with E-state index >= 15 is 0 Å². The SMILES string of the molecule is C=CC(=O)Nc1cccc(-c2cc(Cc3ccccc3)cc(Nc3cc(Cc4ccc(C)cc4)[nH]n3)n2)c1. The Balaban J connectivity index is 1.43. The molecule has 0 atom stereocenters. The molecular weight excluding hydrogens is 470 g/mol. The van der Waals surface area contributed by atoms with Crippen molar-refractivity contribution in [3.8, 4) is 11.3 Å². The van der Waals surface area contributed by atoms with Crippen molar-refractivity contribution in [2.75, 3.05) is 10.6 Å². The highest BCUT2D eigenvalue weighted by Crippen LogP contribution is 2.27. The fraction of sp³-hybridized carbons (Fsp3) is 0.0938. The monoisotopic (exact) mass is 499 g/mol. The molecule has 0 aliphatic heterocycles. The number of amides is 1. The number of carbonyl (C=O) groups is 1. The van der Waals surface area contributed by atoms with Crippen LogP contribution in [0.15, 0.2) is 110 Å². The molecule has 0 radical (unpaired) electrons. The number of rotatable bonds is 9. The normalized spacial score (nSPS) is 10.7. The van der Waals surface area contributed by atoms with Crippen LogP contribution in [0, 0.1) is 6.92 Å². The molecule has 5 aromatic rings. The summed E-state index contributed by atoms with van der Waals surface area (Å²) < 4.78 is 0. The van der Waals surface area contributed by atoms with Crippen LogP contribution in [0.2, 0.25) is 0 Å². The van der Waals surface area contributed by atoms with Crippen molar-refractivity contribution < 1.29 is 4.79 Å². The summed E-state index contributed by atoms with van der Waals surface area (Å²) in [6.45, 7) is 5.61. The van der Waals surface area contributed by atoms with Crippen molar-refractivity contribution in [2.24, 2.45) is 0 Å². The van der Waals surface area contributed by atoms with Crippen molar-refractivity contribution in [1.29, 1.82) is 0 Å². The first-order valence-corrected chi connectivity index (χ1v) is 12.5. The van der Waals surface area contributed by atoms with Gasteiger partial charge in [-0.3, -0.25) is 9.89 Å². The number of hydrogen-bond donors (Lipinski definition) is 3. The quantitative estimate of drug-likeness (QED) is 0.194. The molecule has 0 saturated heterocycles. The van der Waals surface area contributed by atoms with Gasteiger partial charge in [0.2, 0.25) is 5.91 Å². The molecule has 188 valence electrons. The molecule has 0 saturated carbocycles. The maximum Gasteiger partial charge on any atom is 0.247 e. The molecule has 5 rings (SSSR count). The van der Waals surface area contributed by atoms with Gasteiger partial charge in [0, 0.05) is 29.4 Å². The van der Waals surface area contributed by atoms with E-state index in [1.54, 1.807) is 0 Å². The van der Waals surface area contributed by atoms with Gasteiger partial charge < -0.3 is 10.6 Å². The van der Waals surface area contributed by atoms with Crippen LogP contribution in [0.5, 0.6) is 0 Å². The van der Waals surface area contributed by atoms with Gasteiger partial charge >= 0.3 is 0 Å². The third-order valence-corrected chi connectivity index (χ3v) is 6.15. The highest BCUT2D eigenvalue weighted by molar-refractivity contribution is 5.99. The Morgan fingerprint density at radius 1 is 0.842 bits per heavy atom. The van der Waals surface area contributed by atoms with Gasteiger partial charge in [-0.1, -0.05) is 78.9 Å². The van der Waals surface area contributed by atoms with Crippen LogP contribution in [0.4, 0.5) is 17.3 Å². The minimum absolute atomic E-state index is 0.254. The third kappa shape index (κ3) is 6.42. The molecule has 2 aromatic heterocycles. The number of carbonyl (C=O) groups excluding carboxylic acids is 1. The van der Waals surface area contributed by atoms with Crippen molar-refractivity contribution >= 4 is 23.2 Å². The van der Waals surface area contributed by atoms with Crippen LogP contribution in [0.25, 0.3) is 11.3 Å². The molecule has 0 fully saturated rings. The summed E-state index contributed by atoms with van der Waals surface area (Å²) in [6, 6.07) is 32.6. The number of nitrogens with one attached hydrogen (secondary N) is 3. The van der Waals surface area contributed by atoms with E-state index in [1.165, 1.54) is 22.8 Å². The Bertz CT molecular complexity index is 1550. The summed E-state index contributed by atoms with van der Waals surface area (Å²) in [7, 11) is 0. The summed E-state index contributed by atoms with van der Waals surface area (Å²) in [4.78, 5) is 16.7. The lowest BCUT2D eigenvalue weighted by molar-refractivity contribution is -0.111. The standard InChI is InChI=1S/C32H29N5O/c1-3-32(38)33-27-11-7-10-26(20-27)29-18-25(16-23-8-5-4-6-9-23)19-30(34-29)35-31-21-28(36-37-31)17-24-14-12-22(2)13-15-24/h3-15,18-21H,1,16-17H2,2H3,(H,33,38)(H2,34,35,36,37). The number of aryl methyl sites for hydroxylation is 1. The van der Waals surface area contributed by atoms with Gasteiger partial charge in [0.1, 0.15) is 5.82 Å². The maximum atomic E-state index is 11.8. The summed E-state index contributed by atoms with van der Waals surface area (Å²) >= 11 is 0. The smallest absolute Gasteiger partial charge is 0.247 e. The van der Waals surface area contributed by atoms with Crippen LogP contribution in [0.3, 0.4) is 0 Å². The molecule has 2 heterocycles. The van der Waals surface area contributed by atoms with Gasteiger partial charge in [-0.15, -0.1) is 0 Å². The lowest BCUT2D eigenvalue weighted by atomic mass is 10.0. The van der Waals surface area contributed by atoms with Gasteiger partial charge in [0.05, 0.1) is 5.69 Å². The second kappa shape index (κ2) is 11.4. The van der Waals surface area contributed by atoms with Crippen molar-refractivity contribution in [1.82, 2.24) is 15.2 Å². The fourth-order valence-electron chi connectivity index (χ4n) is 4.26. The Morgan fingerprint density at radius 3 is 2.42 bits per heavy atom. The van der Waals surface area contributed by atoms with E-state index in [-0.39, 0.29) is 5.91 Å². The topological polar surface area (TPSA) is 82.7 Å². The summed E-state index contributed by atoms with van der Waals surface area (Å²) in [5, 5.41) is 13.8. The fourth-order valence-corrected chi connectivity index (χ4v) is 4.26. The molecular formula is C32H29N5O. The Kier molecular flexibility index (Phi) is 7.41. The number of benzene rings is 3. The minimum Gasteiger partial charge on any atom is -0.323 e. The molecule has 3 N–H and O–H groups in total. The van der Waals surface area contributed by atoms with E-state index in [2.05, 4.69) is 76.8 Å². The zero-order chi connectivity index (χ0) is 26.3. The van der Waals surface area contributed by atoms with E-state index < -0.39 is 0 Å². The molecule has 1 amide bonds. The predicted molar refractivity (Wildman–Crippen MR) is 154 cm³/mol. The summed E-state index contributed by atoms with van der Waals surface area (Å²) in [5.74, 6) is 1.15. The second-order valence-electron chi connectivity index (χ2n) is 9.25. The Labute approximate surface area is 222 Å². The number of nitrogens with zero attached hydrogens (tertiary/aromatic N) is 2. The highest BCUT2D eigenvalue weighted by atomic mass is 16.1. The first-order chi connectivity index (χ1) is 18.5. The zero-order valence-corrected chi connectivity index (χ0v) is 21.2. The first kappa shape index (κ1) is 24.7. The van der Waals surface area contributed by atoms with Crippen molar-refractivity contribution in [3.63, 3.8) is 0 Å². The van der Waals surface area contributed by atoms with E-state index in [0.717, 1.165) is 35.4 Å². The van der Waals surface area contributed by atoms with Gasteiger partial charge in [0.15, 0.2) is 5.82 Å². The van der Waals surface area contributed by atoms with E-state index in [1.807, 2.05) is 54.6 Å². The number of aromatic amines is 1. The molecule has 38 heavy (non-hydrogen) atoms. The number of anilines is 3. The van der Waals surface area contributed by atoms with Gasteiger partial charge in [-0.05, 0) is 60.4 Å². The van der Waals surface area contributed by atoms with E-state index in [4.69, 9.17) is 4.98 Å². The lowest BCUT2D eigenvalue weighted by Crippen LogP contribution is -2.07. The summed E-state index contributed by atoms with van der Waals surface area (Å²) in [6.07, 6.45) is 2.78. The number of pyridine rings is 1. The van der Waals surface area contributed by atoms with Gasteiger partial charge in [0.25, 0.3) is 0 Å². The minimum atomic E-state index is -0.254. The maximum absolute atomic E-state index is 11.8. The first-order valence-electron chi connectivity index (χ1n) is 12.5. The highest BCUT2D eigenvalue weighted by Gasteiger charge is 2.10. The number of aromatic nitrogens is 3. The van der Waals surface area contributed by atoms with Crippen LogP contribution < -0.4 is 10.6 Å². The molecule has 3 aromatic carbocycles. The van der Waals surface area contributed by atoms with E-state index in [9.17, 15) is 4.79 Å². The molecule has 0 bridgehead atoms. The third-order valence-electron chi connectivity index (χ3n) is 6.15. The molecule has 0 aliphatic rings. The van der Waals surface area contributed by atoms with Gasteiger partial charge in [-0.2, -0.15) is 5.10 Å². The molecule has 0 spiro atoms. The Hall–Kier alpha value is -4.97. The molecule has 0 unspecified atom stereocenters. The number of H-pyrrole nitrogens is 1. The average Bonchev–Trinajstić information content (AvgIpc) is 3.37. The molecule has 6 nitrogen and oxygen atoms in total. The van der Waals surface area contributed by atoms with Crippen LogP contribution in [-0.2, 0) is 17.6 Å². The average molecular weight is 500 g/mol. The Morgan fingerprint density at radius 2 is 1.63 bits per heavy atom. The zero-order valence-electron chi connectivity index (χ0n) is 21.2. The molecule has 0 aliphatic carbocycles. The van der Waals surface area contributed by atoms with Crippen LogP contribution >= 0.6 is 0 Å². The van der Waals surface area contributed by atoms with Crippen molar-refractivity contribution in [2.45, 2.75) is 19.8 Å². The predicted octanol–water partition coefficient (Wildman–Crippen LogP) is 6.83. The van der Waals surface area contributed by atoms with Gasteiger partial charge in [-0.25, -0.2) is 4.98 Å². The molecule has 6 heteroatoms. The lowest BCUT2D eigenvalue weighted by Gasteiger charge is -2.11. The van der Waals surface area contributed by atoms with Crippen LogP contribution in [0.1, 0.15) is 27.9 Å². The largest absolute Gasteiger partial charge is 0.323 e.